The Morgan fingerprint density at radius 3 is 2.23 bits per heavy atom. The van der Waals surface area contributed by atoms with E-state index in [-0.39, 0.29) is 44.3 Å². The average molecular weight is 496 g/mol. The van der Waals surface area contributed by atoms with E-state index in [9.17, 15) is 8.78 Å². The van der Waals surface area contributed by atoms with Gasteiger partial charge in [0.25, 0.3) is 0 Å². The number of rotatable bonds is 7. The number of unbranched alkanes of at least 4 members (excludes halogenated alkanes) is 1. The van der Waals surface area contributed by atoms with E-state index >= 15 is 0 Å². The van der Waals surface area contributed by atoms with Gasteiger partial charge in [-0.15, -0.1) is 5.69 Å². The minimum absolute atomic E-state index is 0. The Bertz CT molecular complexity index is 962. The molecule has 0 aliphatic heterocycles. The van der Waals surface area contributed by atoms with Crippen LogP contribution >= 0.6 is 0 Å². The third-order valence-corrected chi connectivity index (χ3v) is 4.48. The fraction of sp³-hybridized carbons (Fsp3) is 0.200. The summed E-state index contributed by atoms with van der Waals surface area (Å²) < 4.78 is 27.9. The van der Waals surface area contributed by atoms with Gasteiger partial charge in [-0.25, -0.2) is 8.78 Å². The van der Waals surface area contributed by atoms with Crippen molar-refractivity contribution in [3.05, 3.63) is 107 Å². The number of anilines is 2. The Morgan fingerprint density at radius 2 is 1.68 bits per heavy atom. The average Bonchev–Trinajstić information content (AvgIpc) is 2.71. The van der Waals surface area contributed by atoms with E-state index in [1.807, 2.05) is 25.1 Å². The molecule has 0 atom stereocenters. The minimum atomic E-state index is -0.375. The smallest absolute Gasteiger partial charge is 0.146 e. The zero-order valence-electron chi connectivity index (χ0n) is 17.7. The fourth-order valence-electron chi connectivity index (χ4n) is 2.97. The SMILES string of the molecule is C=Cc1c(CCCC[NH-])cc(F)cc1Nc1ccc(C)cc1F.[NH-]c1ccccc1.[Y]. The number of halogens is 2. The van der Waals surface area contributed by atoms with Crippen LogP contribution in [0.25, 0.3) is 17.5 Å². The van der Waals surface area contributed by atoms with Crippen LogP contribution in [0.5, 0.6) is 0 Å². The molecule has 0 saturated heterocycles. The van der Waals surface area contributed by atoms with Crippen molar-refractivity contribution in [3.63, 3.8) is 0 Å². The molecular formula is C25H27F2N3Y-2. The van der Waals surface area contributed by atoms with Gasteiger partial charge in [-0.1, -0.05) is 61.9 Å². The summed E-state index contributed by atoms with van der Waals surface area (Å²) in [4.78, 5) is 0. The Balaban J connectivity index is 0.000000510. The molecule has 0 aliphatic carbocycles. The van der Waals surface area contributed by atoms with Crippen LogP contribution in [0.1, 0.15) is 29.5 Å². The van der Waals surface area contributed by atoms with Crippen LogP contribution < -0.4 is 5.32 Å². The van der Waals surface area contributed by atoms with Gasteiger partial charge in [0.1, 0.15) is 11.6 Å². The molecule has 0 heterocycles. The van der Waals surface area contributed by atoms with Crippen molar-refractivity contribution < 1.29 is 41.5 Å². The molecule has 3 aromatic carbocycles. The Morgan fingerprint density at radius 1 is 0.968 bits per heavy atom. The van der Waals surface area contributed by atoms with Gasteiger partial charge in [0.15, 0.2) is 0 Å². The summed E-state index contributed by atoms with van der Waals surface area (Å²) in [7, 11) is 0. The molecule has 0 amide bonds. The third kappa shape index (κ3) is 8.90. The van der Waals surface area contributed by atoms with Crippen LogP contribution in [-0.4, -0.2) is 6.54 Å². The summed E-state index contributed by atoms with van der Waals surface area (Å²) in [5.41, 5.74) is 18.0. The molecule has 161 valence electrons. The van der Waals surface area contributed by atoms with Gasteiger partial charge < -0.3 is 16.8 Å². The molecule has 3 nitrogen and oxygen atoms in total. The van der Waals surface area contributed by atoms with Gasteiger partial charge in [0.05, 0.1) is 5.69 Å². The van der Waals surface area contributed by atoms with Crippen molar-refractivity contribution >= 4 is 23.1 Å². The first-order valence-corrected chi connectivity index (χ1v) is 9.84. The zero-order chi connectivity index (χ0) is 21.9. The van der Waals surface area contributed by atoms with Crippen LogP contribution in [0.3, 0.4) is 0 Å². The van der Waals surface area contributed by atoms with Crippen LogP contribution in [0, 0.1) is 18.6 Å². The predicted octanol–water partition coefficient (Wildman–Crippen LogP) is 8.40. The number of hydrogen-bond donors (Lipinski definition) is 1. The van der Waals surface area contributed by atoms with Gasteiger partial charge in [-0.2, -0.15) is 6.54 Å². The second-order valence-corrected chi connectivity index (χ2v) is 6.91. The minimum Gasteiger partial charge on any atom is -0.699 e. The van der Waals surface area contributed by atoms with Gasteiger partial charge in [-0.3, -0.25) is 0 Å². The second-order valence-electron chi connectivity index (χ2n) is 6.91. The molecule has 6 heteroatoms. The fourth-order valence-corrected chi connectivity index (χ4v) is 2.97. The molecule has 0 aromatic heterocycles. The van der Waals surface area contributed by atoms with E-state index in [0.717, 1.165) is 29.5 Å². The maximum absolute atomic E-state index is 14.0. The molecule has 3 aromatic rings. The third-order valence-electron chi connectivity index (χ3n) is 4.48. The standard InChI is InChI=1S/C19H21F2N2.C6H6N.Y/c1-3-16-14(6-4-5-9-22)11-15(20)12-19(16)23-18-8-7-13(2)10-17(18)21;7-6-4-2-1-3-5-6;/h3,7-8,10-12,22-23H,1,4-6,9H2,2H3;1-5,7H;/q2*-1;. The number of hydrogen-bond acceptors (Lipinski definition) is 1. The maximum Gasteiger partial charge on any atom is 0.146 e. The van der Waals surface area contributed by atoms with E-state index in [2.05, 4.69) is 11.9 Å². The Hall–Kier alpha value is -2.08. The van der Waals surface area contributed by atoms with Crippen molar-refractivity contribution in [1.29, 1.82) is 0 Å². The van der Waals surface area contributed by atoms with Crippen LogP contribution in [0.4, 0.5) is 25.8 Å². The summed E-state index contributed by atoms with van der Waals surface area (Å²) in [6.07, 6.45) is 3.90. The normalized spacial score (nSPS) is 9.81. The first-order chi connectivity index (χ1) is 14.4. The molecule has 0 saturated carbocycles. The van der Waals surface area contributed by atoms with Crippen LogP contribution in [-0.2, 0) is 39.1 Å². The monoisotopic (exact) mass is 496 g/mol. The molecule has 1 radical (unpaired) electrons. The summed E-state index contributed by atoms with van der Waals surface area (Å²) in [5.74, 6) is -0.744. The second kappa shape index (κ2) is 14.1. The molecular weight excluding hydrogens is 469 g/mol. The van der Waals surface area contributed by atoms with Crippen molar-refractivity contribution in [3.8, 4) is 0 Å². The Kier molecular flexibility index (Phi) is 12.2. The number of nitrogens with one attached hydrogen (secondary N) is 3. The van der Waals surface area contributed by atoms with Crippen molar-refractivity contribution in [1.82, 2.24) is 0 Å². The molecule has 0 unspecified atom stereocenters. The molecule has 3 N–H and O–H groups in total. The molecule has 3 rings (SSSR count). The topological polar surface area (TPSA) is 59.6 Å². The largest absolute Gasteiger partial charge is 0.699 e. The quantitative estimate of drug-likeness (QED) is 0.328. The van der Waals surface area contributed by atoms with E-state index in [1.165, 1.54) is 18.2 Å². The first-order valence-electron chi connectivity index (χ1n) is 9.84. The van der Waals surface area contributed by atoms with E-state index in [0.29, 0.717) is 30.0 Å². The van der Waals surface area contributed by atoms with E-state index in [4.69, 9.17) is 11.5 Å². The van der Waals surface area contributed by atoms with Gasteiger partial charge in [0.2, 0.25) is 0 Å². The Labute approximate surface area is 208 Å². The molecule has 0 aliphatic rings. The first kappa shape index (κ1) is 27.0. The molecule has 31 heavy (non-hydrogen) atoms. The van der Waals surface area contributed by atoms with Crippen molar-refractivity contribution in [2.75, 3.05) is 11.9 Å². The van der Waals surface area contributed by atoms with Crippen molar-refractivity contribution in [2.24, 2.45) is 0 Å². The molecule has 0 fully saturated rings. The summed E-state index contributed by atoms with van der Waals surface area (Å²) in [6.45, 7) is 5.97. The number of benzene rings is 3. The van der Waals surface area contributed by atoms with E-state index < -0.39 is 0 Å². The van der Waals surface area contributed by atoms with Gasteiger partial charge in [-0.05, 0) is 48.7 Å². The maximum atomic E-state index is 14.0. The number of aryl methyl sites for hydroxylation is 2. The van der Waals surface area contributed by atoms with Crippen LogP contribution in [0.2, 0.25) is 0 Å². The van der Waals surface area contributed by atoms with E-state index in [1.54, 1.807) is 30.3 Å². The van der Waals surface area contributed by atoms with Crippen molar-refractivity contribution in [2.45, 2.75) is 26.2 Å². The summed E-state index contributed by atoms with van der Waals surface area (Å²) in [6, 6.07) is 16.8. The predicted molar refractivity (Wildman–Crippen MR) is 123 cm³/mol. The summed E-state index contributed by atoms with van der Waals surface area (Å²) >= 11 is 0. The van der Waals surface area contributed by atoms with Crippen LogP contribution in [0.15, 0.2) is 67.2 Å². The van der Waals surface area contributed by atoms with Gasteiger partial charge >= 0.3 is 0 Å². The zero-order valence-corrected chi connectivity index (χ0v) is 20.6. The molecule has 0 spiro atoms. The van der Waals surface area contributed by atoms with Gasteiger partial charge in [0, 0.05) is 44.0 Å². The molecule has 0 bridgehead atoms. The summed E-state index contributed by atoms with van der Waals surface area (Å²) in [5, 5.41) is 2.97.